The molecule has 1 aromatic carbocycles. The molecule has 3 rings (SSSR count). The predicted molar refractivity (Wildman–Crippen MR) is 108 cm³/mol. The predicted octanol–water partition coefficient (Wildman–Crippen LogP) is 2.83. The van der Waals surface area contributed by atoms with Crippen LogP contribution in [-0.2, 0) is 4.79 Å². The van der Waals surface area contributed by atoms with Gasteiger partial charge in [0.1, 0.15) is 5.75 Å². The van der Waals surface area contributed by atoms with Crippen LogP contribution in [-0.4, -0.2) is 33.9 Å². The first kappa shape index (κ1) is 22.7. The number of aromatic nitrogens is 2. The van der Waals surface area contributed by atoms with Gasteiger partial charge in [0, 0.05) is 5.69 Å². The number of carbonyl (C=O) groups is 2. The van der Waals surface area contributed by atoms with Gasteiger partial charge in [0.15, 0.2) is 22.4 Å². The van der Waals surface area contributed by atoms with Crippen LogP contribution in [0.15, 0.2) is 57.0 Å². The monoisotopic (exact) mass is 469 g/mol. The summed E-state index contributed by atoms with van der Waals surface area (Å²) >= 11 is 0.849. The largest absolute Gasteiger partial charge is 0.573 e. The standard InChI is InChI=1S/C18H14F3N5O5S/c19-18(20,21)31-10-5-3-9(4-6-10)23-12(27)8-32-17-25-14(22)13(16(29)26-17)24-15(28)11-2-1-7-30-11/h1-7H,8H2,(H,23,27)(H,24,28)(H3,22,25,26,29). The van der Waals surface area contributed by atoms with Crippen LogP contribution in [0.1, 0.15) is 10.6 Å². The number of amides is 2. The van der Waals surface area contributed by atoms with E-state index in [2.05, 4.69) is 25.3 Å². The smallest absolute Gasteiger partial charge is 0.459 e. The van der Waals surface area contributed by atoms with Crippen molar-refractivity contribution in [1.82, 2.24) is 9.97 Å². The maximum Gasteiger partial charge on any atom is 0.573 e. The molecule has 0 atom stereocenters. The molecule has 2 heterocycles. The van der Waals surface area contributed by atoms with Crippen molar-refractivity contribution in [3.05, 3.63) is 58.8 Å². The summed E-state index contributed by atoms with van der Waals surface area (Å²) in [4.78, 5) is 42.6. The third-order valence-corrected chi connectivity index (χ3v) is 4.49. The van der Waals surface area contributed by atoms with Gasteiger partial charge >= 0.3 is 6.36 Å². The first-order valence-electron chi connectivity index (χ1n) is 8.64. The van der Waals surface area contributed by atoms with Gasteiger partial charge in [0.05, 0.1) is 12.0 Å². The Balaban J connectivity index is 1.56. The van der Waals surface area contributed by atoms with E-state index in [1.807, 2.05) is 0 Å². The highest BCUT2D eigenvalue weighted by Gasteiger charge is 2.31. The molecule has 0 fully saturated rings. The van der Waals surface area contributed by atoms with E-state index < -0.39 is 29.5 Å². The number of H-pyrrole nitrogens is 1. The highest BCUT2D eigenvalue weighted by Crippen LogP contribution is 2.24. The Bertz CT molecular complexity index is 1160. The first-order chi connectivity index (χ1) is 15.1. The van der Waals surface area contributed by atoms with Gasteiger partial charge in [0.2, 0.25) is 5.91 Å². The molecule has 2 amide bonds. The molecule has 0 aliphatic heterocycles. The number of hydrogen-bond donors (Lipinski definition) is 4. The summed E-state index contributed by atoms with van der Waals surface area (Å²) in [6, 6.07) is 7.46. The van der Waals surface area contributed by atoms with Crippen molar-refractivity contribution in [3.63, 3.8) is 0 Å². The fraction of sp³-hybridized carbons (Fsp3) is 0.111. The Kier molecular flexibility index (Phi) is 6.73. The molecule has 32 heavy (non-hydrogen) atoms. The number of alkyl halides is 3. The summed E-state index contributed by atoms with van der Waals surface area (Å²) in [6.45, 7) is 0. The number of rotatable bonds is 7. The molecule has 0 radical (unpaired) electrons. The van der Waals surface area contributed by atoms with Gasteiger partial charge in [0.25, 0.3) is 11.5 Å². The average Bonchev–Trinajstić information content (AvgIpc) is 3.24. The Morgan fingerprint density at radius 2 is 1.91 bits per heavy atom. The van der Waals surface area contributed by atoms with Gasteiger partial charge < -0.3 is 25.5 Å². The van der Waals surface area contributed by atoms with Crippen LogP contribution in [0.25, 0.3) is 0 Å². The number of nitrogens with two attached hydrogens (primary N) is 1. The second-order valence-corrected chi connectivity index (χ2v) is 6.94. The number of benzene rings is 1. The summed E-state index contributed by atoms with van der Waals surface area (Å²) < 4.78 is 45.2. The summed E-state index contributed by atoms with van der Waals surface area (Å²) in [5, 5.41) is 4.78. The number of nitrogens with one attached hydrogen (secondary N) is 3. The molecule has 2 aromatic heterocycles. The molecule has 0 saturated heterocycles. The van der Waals surface area contributed by atoms with E-state index in [9.17, 15) is 27.6 Å². The van der Waals surface area contributed by atoms with Crippen LogP contribution in [0.4, 0.5) is 30.4 Å². The topological polar surface area (TPSA) is 152 Å². The number of hydrogen-bond acceptors (Lipinski definition) is 8. The Labute approximate surface area is 181 Å². The third kappa shape index (κ3) is 6.28. The minimum absolute atomic E-state index is 0.0209. The molecule has 168 valence electrons. The van der Waals surface area contributed by atoms with E-state index in [0.717, 1.165) is 23.9 Å². The Hall–Kier alpha value is -3.94. The van der Waals surface area contributed by atoms with Crippen LogP contribution >= 0.6 is 11.8 Å². The Morgan fingerprint density at radius 3 is 2.50 bits per heavy atom. The van der Waals surface area contributed by atoms with E-state index in [4.69, 9.17) is 10.2 Å². The number of halogens is 3. The van der Waals surface area contributed by atoms with Crippen molar-refractivity contribution in [2.45, 2.75) is 11.5 Å². The number of thioether (sulfide) groups is 1. The van der Waals surface area contributed by atoms with Crippen LogP contribution in [0.5, 0.6) is 5.75 Å². The quantitative estimate of drug-likeness (QED) is 0.304. The molecule has 10 nitrogen and oxygen atoms in total. The second kappa shape index (κ2) is 9.47. The lowest BCUT2D eigenvalue weighted by atomic mass is 10.3. The molecule has 0 spiro atoms. The molecule has 0 aliphatic rings. The fourth-order valence-electron chi connectivity index (χ4n) is 2.31. The highest BCUT2D eigenvalue weighted by molar-refractivity contribution is 7.99. The molecule has 0 bridgehead atoms. The zero-order chi connectivity index (χ0) is 23.3. The molecule has 0 aliphatic carbocycles. The summed E-state index contributed by atoms with van der Waals surface area (Å²) in [5.74, 6) is -2.13. The lowest BCUT2D eigenvalue weighted by Gasteiger charge is -2.10. The fourth-order valence-corrected chi connectivity index (χ4v) is 2.98. The van der Waals surface area contributed by atoms with Gasteiger partial charge in [-0.15, -0.1) is 13.2 Å². The number of furan rings is 1. The number of anilines is 3. The number of carbonyl (C=O) groups excluding carboxylic acids is 2. The van der Waals surface area contributed by atoms with E-state index in [1.165, 1.54) is 30.5 Å². The Morgan fingerprint density at radius 1 is 1.19 bits per heavy atom. The van der Waals surface area contributed by atoms with Crippen molar-refractivity contribution in [1.29, 1.82) is 0 Å². The molecule has 3 aromatic rings. The molecule has 5 N–H and O–H groups in total. The van der Waals surface area contributed by atoms with E-state index in [0.29, 0.717) is 0 Å². The minimum atomic E-state index is -4.82. The summed E-state index contributed by atoms with van der Waals surface area (Å²) in [5.41, 5.74) is 4.96. The van der Waals surface area contributed by atoms with Crippen molar-refractivity contribution in [2.24, 2.45) is 0 Å². The van der Waals surface area contributed by atoms with Crippen molar-refractivity contribution in [2.75, 3.05) is 22.1 Å². The summed E-state index contributed by atoms with van der Waals surface area (Å²) in [6.07, 6.45) is -3.53. The normalized spacial score (nSPS) is 11.1. The number of nitrogen functional groups attached to an aromatic ring is 1. The van der Waals surface area contributed by atoms with Crippen LogP contribution in [0.3, 0.4) is 0 Å². The second-order valence-electron chi connectivity index (χ2n) is 5.97. The number of ether oxygens (including phenoxy) is 1. The molecule has 0 unspecified atom stereocenters. The van der Waals surface area contributed by atoms with E-state index in [1.54, 1.807) is 0 Å². The van der Waals surface area contributed by atoms with Crippen molar-refractivity contribution in [3.8, 4) is 5.75 Å². The number of nitrogens with zero attached hydrogens (tertiary/aromatic N) is 1. The lowest BCUT2D eigenvalue weighted by molar-refractivity contribution is -0.274. The van der Waals surface area contributed by atoms with Crippen LogP contribution in [0, 0.1) is 0 Å². The van der Waals surface area contributed by atoms with E-state index in [-0.39, 0.29) is 33.9 Å². The van der Waals surface area contributed by atoms with Crippen molar-refractivity contribution >= 4 is 40.8 Å². The highest BCUT2D eigenvalue weighted by atomic mass is 32.2. The minimum Gasteiger partial charge on any atom is -0.459 e. The van der Waals surface area contributed by atoms with Crippen LogP contribution in [0.2, 0.25) is 0 Å². The zero-order valence-electron chi connectivity index (χ0n) is 15.9. The van der Waals surface area contributed by atoms with Gasteiger partial charge in [-0.2, -0.15) is 0 Å². The van der Waals surface area contributed by atoms with Crippen LogP contribution < -0.4 is 26.7 Å². The third-order valence-electron chi connectivity index (χ3n) is 3.62. The maximum atomic E-state index is 12.2. The molecular formula is C18H14F3N5O5S. The van der Waals surface area contributed by atoms with Crippen molar-refractivity contribution < 1.29 is 31.9 Å². The SMILES string of the molecule is Nc1nc(SCC(=O)Nc2ccc(OC(F)(F)F)cc2)[nH]c(=O)c1NC(=O)c1ccco1. The zero-order valence-corrected chi connectivity index (χ0v) is 16.7. The van der Waals surface area contributed by atoms with Gasteiger partial charge in [-0.25, -0.2) is 4.98 Å². The van der Waals surface area contributed by atoms with Gasteiger partial charge in [-0.1, -0.05) is 11.8 Å². The van der Waals surface area contributed by atoms with Gasteiger partial charge in [-0.3, -0.25) is 19.4 Å². The van der Waals surface area contributed by atoms with Gasteiger partial charge in [-0.05, 0) is 36.4 Å². The van der Waals surface area contributed by atoms with E-state index >= 15 is 0 Å². The maximum absolute atomic E-state index is 12.2. The molecule has 0 saturated carbocycles. The molecule has 14 heteroatoms. The average molecular weight is 469 g/mol. The first-order valence-corrected chi connectivity index (χ1v) is 9.62. The number of aromatic amines is 1. The summed E-state index contributed by atoms with van der Waals surface area (Å²) in [7, 11) is 0. The molecular weight excluding hydrogens is 455 g/mol. The lowest BCUT2D eigenvalue weighted by Crippen LogP contribution is -2.23.